The molecule has 35 heavy (non-hydrogen) atoms. The summed E-state index contributed by atoms with van der Waals surface area (Å²) in [6.07, 6.45) is 6.14. The van der Waals surface area contributed by atoms with Gasteiger partial charge < -0.3 is 4.90 Å². The van der Waals surface area contributed by atoms with Crippen molar-refractivity contribution in [1.29, 1.82) is 0 Å². The van der Waals surface area contributed by atoms with Crippen LogP contribution >= 0.6 is 0 Å². The van der Waals surface area contributed by atoms with Crippen LogP contribution in [0.15, 0.2) is 96.0 Å². The van der Waals surface area contributed by atoms with Crippen LogP contribution in [0.2, 0.25) is 0 Å². The summed E-state index contributed by atoms with van der Waals surface area (Å²) in [7, 11) is -3.62. The minimum atomic E-state index is -3.62. The summed E-state index contributed by atoms with van der Waals surface area (Å²) in [6, 6.07) is 26.9. The predicted octanol–water partition coefficient (Wildman–Crippen LogP) is 5.57. The van der Waals surface area contributed by atoms with Gasteiger partial charge in [-0.25, -0.2) is 12.4 Å². The van der Waals surface area contributed by atoms with Gasteiger partial charge in [0.15, 0.2) is 0 Å². The molecule has 1 aromatic heterocycles. The molecule has 2 heterocycles. The van der Waals surface area contributed by atoms with Crippen LogP contribution in [0, 0.1) is 17.8 Å². The topological polar surface area (TPSA) is 42.3 Å². The molecule has 4 nitrogen and oxygen atoms in total. The molecule has 4 aromatic rings. The molecule has 0 unspecified atom stereocenters. The summed E-state index contributed by atoms with van der Waals surface area (Å²) in [5.41, 5.74) is 3.02. The number of aromatic nitrogens is 1. The Labute approximate surface area is 208 Å². The number of rotatable bonds is 6. The van der Waals surface area contributed by atoms with E-state index in [0.29, 0.717) is 5.52 Å². The lowest BCUT2D eigenvalue weighted by atomic mass is 9.90. The first-order valence-electron chi connectivity index (χ1n) is 12.3. The third kappa shape index (κ3) is 5.51. The summed E-state index contributed by atoms with van der Waals surface area (Å²) in [5.74, 6) is 7.35. The second-order valence-corrected chi connectivity index (χ2v) is 11.0. The molecule has 0 atom stereocenters. The first kappa shape index (κ1) is 23.4. The van der Waals surface area contributed by atoms with Crippen molar-refractivity contribution in [3.63, 3.8) is 0 Å². The summed E-state index contributed by atoms with van der Waals surface area (Å²) in [4.78, 5) is 2.80. The first-order valence-corrected chi connectivity index (χ1v) is 13.7. The lowest BCUT2D eigenvalue weighted by Crippen LogP contribution is -2.34. The van der Waals surface area contributed by atoms with Crippen molar-refractivity contribution in [2.24, 2.45) is 5.92 Å². The lowest BCUT2D eigenvalue weighted by Gasteiger charge is -2.31. The number of likely N-dealkylation sites (tertiary alicyclic amines) is 1. The van der Waals surface area contributed by atoms with Crippen LogP contribution in [0.5, 0.6) is 0 Å². The fourth-order valence-corrected chi connectivity index (χ4v) is 6.23. The Balaban J connectivity index is 1.16. The Hall–Kier alpha value is -3.33. The van der Waals surface area contributed by atoms with Gasteiger partial charge in [-0.1, -0.05) is 60.4 Å². The van der Waals surface area contributed by atoms with Crippen molar-refractivity contribution in [1.82, 2.24) is 8.87 Å². The van der Waals surface area contributed by atoms with Crippen molar-refractivity contribution in [3.8, 4) is 11.8 Å². The van der Waals surface area contributed by atoms with Gasteiger partial charge in [0.1, 0.15) is 0 Å². The van der Waals surface area contributed by atoms with Crippen molar-refractivity contribution in [3.05, 3.63) is 102 Å². The number of piperidine rings is 1. The third-order valence-electron chi connectivity index (χ3n) is 6.81. The largest absolute Gasteiger partial charge is 0.302 e. The number of benzene rings is 3. The number of nitrogens with zero attached hydrogens (tertiary/aromatic N) is 2. The van der Waals surface area contributed by atoms with Crippen molar-refractivity contribution in [2.45, 2.75) is 30.6 Å². The molecular formula is C30H30N2O2S. The van der Waals surface area contributed by atoms with Gasteiger partial charge in [0.25, 0.3) is 10.0 Å². The zero-order valence-corrected chi connectivity index (χ0v) is 20.6. The zero-order valence-electron chi connectivity index (χ0n) is 19.8. The molecule has 1 saturated heterocycles. The molecule has 1 fully saturated rings. The maximum absolute atomic E-state index is 13.0. The van der Waals surface area contributed by atoms with E-state index < -0.39 is 10.0 Å². The highest BCUT2D eigenvalue weighted by Gasteiger charge is 2.19. The monoisotopic (exact) mass is 482 g/mol. The third-order valence-corrected chi connectivity index (χ3v) is 8.52. The molecule has 5 heteroatoms. The molecule has 178 valence electrons. The molecule has 1 aliphatic rings. The maximum atomic E-state index is 13.0. The molecule has 0 spiro atoms. The van der Waals surface area contributed by atoms with Crippen LogP contribution in [0.3, 0.4) is 0 Å². The van der Waals surface area contributed by atoms with Crippen LogP contribution in [0.25, 0.3) is 10.9 Å². The first-order chi connectivity index (χ1) is 17.1. The van der Waals surface area contributed by atoms with Crippen LogP contribution in [-0.4, -0.2) is 36.9 Å². The van der Waals surface area contributed by atoms with E-state index >= 15 is 0 Å². The SMILES string of the molecule is O=S(=O)(c1ccccc1)n1ccc2cc(C#CCCN3CCC(Cc4ccccc4)CC3)ccc21. The highest BCUT2D eigenvalue weighted by atomic mass is 32.2. The molecule has 0 radical (unpaired) electrons. The van der Waals surface area contributed by atoms with Crippen LogP contribution in [0.1, 0.15) is 30.4 Å². The smallest absolute Gasteiger partial charge is 0.268 e. The van der Waals surface area contributed by atoms with E-state index in [4.69, 9.17) is 0 Å². The Bertz CT molecular complexity index is 1440. The summed E-state index contributed by atoms with van der Waals surface area (Å²) in [5, 5.41) is 0.872. The highest BCUT2D eigenvalue weighted by molar-refractivity contribution is 7.90. The molecular weight excluding hydrogens is 452 g/mol. The van der Waals surface area contributed by atoms with Gasteiger partial charge in [0, 0.05) is 30.1 Å². The lowest BCUT2D eigenvalue weighted by molar-refractivity contribution is 0.187. The molecule has 0 aliphatic carbocycles. The van der Waals surface area contributed by atoms with Crippen LogP contribution in [-0.2, 0) is 16.4 Å². The van der Waals surface area contributed by atoms with E-state index in [1.807, 2.05) is 30.3 Å². The van der Waals surface area contributed by atoms with Gasteiger partial charge >= 0.3 is 0 Å². The molecule has 5 rings (SSSR count). The Morgan fingerprint density at radius 1 is 0.857 bits per heavy atom. The van der Waals surface area contributed by atoms with Gasteiger partial charge in [-0.3, -0.25) is 0 Å². The highest BCUT2D eigenvalue weighted by Crippen LogP contribution is 2.24. The summed E-state index contributed by atoms with van der Waals surface area (Å²) < 4.78 is 27.3. The molecule has 0 amide bonds. The fourth-order valence-electron chi connectivity index (χ4n) is 4.85. The van der Waals surface area contributed by atoms with Crippen LogP contribution < -0.4 is 0 Å². The maximum Gasteiger partial charge on any atom is 0.268 e. The minimum absolute atomic E-state index is 0.283. The van der Waals surface area contributed by atoms with Gasteiger partial charge in [-0.05, 0) is 80.2 Å². The fraction of sp³-hybridized carbons (Fsp3) is 0.267. The van der Waals surface area contributed by atoms with Gasteiger partial charge in [0.05, 0.1) is 10.4 Å². The van der Waals surface area contributed by atoms with Crippen LogP contribution in [0.4, 0.5) is 0 Å². The van der Waals surface area contributed by atoms with Crippen molar-refractivity contribution in [2.75, 3.05) is 19.6 Å². The standard InChI is InChI=1S/C30H30N2O2S/c33-35(34,29-12-5-2-6-13-29)32-22-18-28-24-26(14-15-30(28)32)11-7-8-19-31-20-16-27(17-21-31)23-25-9-3-1-4-10-25/h1-6,9-10,12-15,18,22,24,27H,8,16-17,19-21,23H2. The Morgan fingerprint density at radius 3 is 2.31 bits per heavy atom. The Morgan fingerprint density at radius 2 is 1.57 bits per heavy atom. The van der Waals surface area contributed by atoms with Gasteiger partial charge in [0.2, 0.25) is 0 Å². The second kappa shape index (κ2) is 10.5. The normalized spacial score (nSPS) is 15.1. The number of hydrogen-bond acceptors (Lipinski definition) is 3. The quantitative estimate of drug-likeness (QED) is 0.337. The van der Waals surface area contributed by atoms with E-state index in [-0.39, 0.29) is 4.90 Å². The van der Waals surface area contributed by atoms with E-state index in [2.05, 4.69) is 47.1 Å². The van der Waals surface area contributed by atoms with E-state index in [1.54, 1.807) is 30.5 Å². The average Bonchev–Trinajstić information content (AvgIpc) is 3.33. The average molecular weight is 483 g/mol. The molecule has 0 bridgehead atoms. The van der Waals surface area contributed by atoms with E-state index in [1.165, 1.54) is 28.8 Å². The van der Waals surface area contributed by atoms with Crippen molar-refractivity contribution < 1.29 is 8.42 Å². The van der Waals surface area contributed by atoms with E-state index in [9.17, 15) is 8.42 Å². The molecule has 1 aliphatic heterocycles. The van der Waals surface area contributed by atoms with Crippen molar-refractivity contribution >= 4 is 20.9 Å². The van der Waals surface area contributed by atoms with Gasteiger partial charge in [-0.2, -0.15) is 0 Å². The Kier molecular flexibility index (Phi) is 7.03. The summed E-state index contributed by atoms with van der Waals surface area (Å²) in [6.45, 7) is 3.29. The molecule has 0 N–H and O–H groups in total. The molecule has 3 aromatic carbocycles. The number of fused-ring (bicyclic) bond motifs is 1. The minimum Gasteiger partial charge on any atom is -0.302 e. The molecule has 0 saturated carbocycles. The van der Waals surface area contributed by atoms with Gasteiger partial charge in [-0.15, -0.1) is 0 Å². The summed E-state index contributed by atoms with van der Waals surface area (Å²) >= 11 is 0. The number of hydrogen-bond donors (Lipinski definition) is 0. The van der Waals surface area contributed by atoms with E-state index in [0.717, 1.165) is 42.9 Å². The zero-order chi connectivity index (χ0) is 24.1. The second-order valence-electron chi connectivity index (χ2n) is 9.23. The predicted molar refractivity (Wildman–Crippen MR) is 142 cm³/mol.